The molecule has 4 heteroatoms. The number of benzene rings is 1. The highest BCUT2D eigenvalue weighted by Crippen LogP contribution is 2.34. The van der Waals surface area contributed by atoms with Crippen molar-refractivity contribution in [2.75, 3.05) is 0 Å². The van der Waals surface area contributed by atoms with Gasteiger partial charge in [0.05, 0.1) is 10.3 Å². The molecule has 2 nitrogen and oxygen atoms in total. The summed E-state index contributed by atoms with van der Waals surface area (Å²) in [5, 5.41) is 19.3. The third-order valence-corrected chi connectivity index (χ3v) is 4.19. The van der Waals surface area contributed by atoms with Gasteiger partial charge in [-0.2, -0.15) is 5.26 Å². The molecular weight excluding hydrogens is 297 g/mol. The van der Waals surface area contributed by atoms with Gasteiger partial charge < -0.3 is 5.11 Å². The van der Waals surface area contributed by atoms with Crippen LogP contribution in [0.2, 0.25) is 0 Å². The molecule has 0 atom stereocenters. The zero-order valence-electron chi connectivity index (χ0n) is 6.41. The van der Waals surface area contributed by atoms with E-state index >= 15 is 0 Å². The number of thiophene rings is 1. The van der Waals surface area contributed by atoms with Crippen LogP contribution in [0.15, 0.2) is 18.2 Å². The van der Waals surface area contributed by atoms with Gasteiger partial charge in [0.2, 0.25) is 0 Å². The Kier molecular flexibility index (Phi) is 2.14. The molecule has 0 aliphatic heterocycles. The highest BCUT2D eigenvalue weighted by molar-refractivity contribution is 14.1. The van der Waals surface area contributed by atoms with Gasteiger partial charge in [-0.25, -0.2) is 0 Å². The van der Waals surface area contributed by atoms with Crippen molar-refractivity contribution in [1.29, 1.82) is 5.26 Å². The maximum absolute atomic E-state index is 9.28. The second kappa shape index (κ2) is 3.16. The summed E-state index contributed by atoms with van der Waals surface area (Å²) in [5.74, 6) is 0. The molecule has 13 heavy (non-hydrogen) atoms. The summed E-state index contributed by atoms with van der Waals surface area (Å²) in [5.41, 5.74) is 0.662. The predicted molar refractivity (Wildman–Crippen MR) is 60.9 cm³/mol. The number of hydrogen-bond donors (Lipinski definition) is 1. The third-order valence-electron chi connectivity index (χ3n) is 1.73. The Hall–Kier alpha value is -0.800. The molecule has 0 aliphatic carbocycles. The molecule has 0 amide bonds. The molecule has 1 N–H and O–H groups in total. The Balaban J connectivity index is 2.87. The summed E-state index contributed by atoms with van der Waals surface area (Å²) >= 11 is 3.43. The Morgan fingerprint density at radius 3 is 2.92 bits per heavy atom. The van der Waals surface area contributed by atoms with Crippen LogP contribution in [0.5, 0.6) is 5.06 Å². The summed E-state index contributed by atoms with van der Waals surface area (Å²) in [4.78, 5) is 0. The van der Waals surface area contributed by atoms with Crippen molar-refractivity contribution in [2.24, 2.45) is 0 Å². The van der Waals surface area contributed by atoms with Gasteiger partial charge in [-0.05, 0) is 40.1 Å². The predicted octanol–water partition coefficient (Wildman–Crippen LogP) is 3.08. The molecule has 0 spiro atoms. The van der Waals surface area contributed by atoms with Crippen molar-refractivity contribution in [2.45, 2.75) is 0 Å². The van der Waals surface area contributed by atoms with Crippen LogP contribution >= 0.6 is 33.9 Å². The van der Waals surface area contributed by atoms with Crippen LogP contribution in [0.1, 0.15) is 5.56 Å². The normalized spacial score (nSPS) is 10.2. The lowest BCUT2D eigenvalue weighted by Crippen LogP contribution is -1.79. The summed E-state index contributed by atoms with van der Waals surface area (Å²) < 4.78 is 1.90. The SMILES string of the molecule is N#Cc1ccc2cc(O)sc2c1I. The van der Waals surface area contributed by atoms with E-state index in [2.05, 4.69) is 28.7 Å². The minimum Gasteiger partial charge on any atom is -0.499 e. The smallest absolute Gasteiger partial charge is 0.172 e. The van der Waals surface area contributed by atoms with E-state index in [0.717, 1.165) is 13.7 Å². The fourth-order valence-electron chi connectivity index (χ4n) is 1.14. The van der Waals surface area contributed by atoms with Crippen LogP contribution in [-0.4, -0.2) is 5.11 Å². The topological polar surface area (TPSA) is 44.0 Å². The van der Waals surface area contributed by atoms with E-state index in [0.29, 0.717) is 10.6 Å². The van der Waals surface area contributed by atoms with E-state index in [1.807, 2.05) is 6.07 Å². The zero-order valence-corrected chi connectivity index (χ0v) is 9.39. The fraction of sp³-hybridized carbons (Fsp3) is 0. The minimum absolute atomic E-state index is 0.294. The molecule has 0 saturated carbocycles. The summed E-state index contributed by atoms with van der Waals surface area (Å²) in [6, 6.07) is 7.45. The van der Waals surface area contributed by atoms with E-state index in [4.69, 9.17) is 5.26 Å². The van der Waals surface area contributed by atoms with Gasteiger partial charge >= 0.3 is 0 Å². The molecule has 1 heterocycles. The van der Waals surface area contributed by atoms with Crippen LogP contribution in [0.4, 0.5) is 0 Å². The molecule has 0 radical (unpaired) electrons. The standard InChI is InChI=1S/C9H4INOS/c10-8-6(4-11)2-1-5-3-7(12)13-9(5)8/h1-3,12H. The number of fused-ring (bicyclic) bond motifs is 1. The zero-order chi connectivity index (χ0) is 9.42. The Morgan fingerprint density at radius 1 is 1.46 bits per heavy atom. The van der Waals surface area contributed by atoms with E-state index in [-0.39, 0.29) is 0 Å². The number of halogens is 1. The fourth-order valence-corrected chi connectivity index (χ4v) is 2.92. The van der Waals surface area contributed by atoms with Crippen LogP contribution in [0, 0.1) is 14.9 Å². The van der Waals surface area contributed by atoms with Crippen molar-refractivity contribution in [3.63, 3.8) is 0 Å². The summed E-state index contributed by atoms with van der Waals surface area (Å²) in [6.07, 6.45) is 0. The molecule has 0 aliphatic rings. The average molecular weight is 301 g/mol. The van der Waals surface area contributed by atoms with Crippen LogP contribution in [0.25, 0.3) is 10.1 Å². The third kappa shape index (κ3) is 1.38. The first-order valence-corrected chi connectivity index (χ1v) is 5.43. The number of rotatable bonds is 0. The van der Waals surface area contributed by atoms with Gasteiger partial charge in [-0.3, -0.25) is 0 Å². The second-order valence-electron chi connectivity index (χ2n) is 2.54. The molecular formula is C9H4INOS. The maximum Gasteiger partial charge on any atom is 0.172 e. The number of aromatic hydroxyl groups is 1. The number of hydrogen-bond acceptors (Lipinski definition) is 3. The van der Waals surface area contributed by atoms with Gasteiger partial charge in [0.1, 0.15) is 6.07 Å². The molecule has 2 rings (SSSR count). The molecule has 1 aromatic heterocycles. The van der Waals surface area contributed by atoms with Crippen molar-refractivity contribution < 1.29 is 5.11 Å². The summed E-state index contributed by atoms with van der Waals surface area (Å²) in [6.45, 7) is 0. The minimum atomic E-state index is 0.294. The molecule has 2 aromatic rings. The average Bonchev–Trinajstić information content (AvgIpc) is 2.47. The molecule has 64 valence electrons. The molecule has 0 unspecified atom stereocenters. The lowest BCUT2D eigenvalue weighted by molar-refractivity contribution is 0.491. The summed E-state index contributed by atoms with van der Waals surface area (Å²) in [7, 11) is 0. The van der Waals surface area contributed by atoms with Gasteiger partial charge in [0, 0.05) is 3.57 Å². The van der Waals surface area contributed by atoms with E-state index in [9.17, 15) is 5.11 Å². The van der Waals surface area contributed by atoms with Crippen molar-refractivity contribution >= 4 is 44.0 Å². The van der Waals surface area contributed by atoms with Gasteiger partial charge in [-0.1, -0.05) is 17.4 Å². The van der Waals surface area contributed by atoms with Crippen LogP contribution in [0.3, 0.4) is 0 Å². The monoisotopic (exact) mass is 301 g/mol. The number of nitrogens with zero attached hydrogens (tertiary/aromatic N) is 1. The maximum atomic E-state index is 9.28. The van der Waals surface area contributed by atoms with Gasteiger partial charge in [0.25, 0.3) is 0 Å². The lowest BCUT2D eigenvalue weighted by atomic mass is 10.2. The van der Waals surface area contributed by atoms with Gasteiger partial charge in [-0.15, -0.1) is 0 Å². The largest absolute Gasteiger partial charge is 0.499 e. The van der Waals surface area contributed by atoms with Crippen LogP contribution < -0.4 is 0 Å². The lowest BCUT2D eigenvalue weighted by Gasteiger charge is -1.94. The number of nitriles is 1. The first-order chi connectivity index (χ1) is 6.22. The quantitative estimate of drug-likeness (QED) is 0.760. The van der Waals surface area contributed by atoms with Crippen molar-refractivity contribution in [3.05, 3.63) is 27.3 Å². The highest BCUT2D eigenvalue weighted by atomic mass is 127. The Bertz CT molecular complexity index is 512. The second-order valence-corrected chi connectivity index (χ2v) is 4.65. The Morgan fingerprint density at radius 2 is 2.23 bits per heavy atom. The highest BCUT2D eigenvalue weighted by Gasteiger charge is 2.07. The molecule has 0 bridgehead atoms. The van der Waals surface area contributed by atoms with E-state index in [1.165, 1.54) is 11.3 Å². The van der Waals surface area contributed by atoms with Crippen molar-refractivity contribution in [3.8, 4) is 11.1 Å². The van der Waals surface area contributed by atoms with Crippen LogP contribution in [-0.2, 0) is 0 Å². The van der Waals surface area contributed by atoms with Gasteiger partial charge in [0.15, 0.2) is 5.06 Å². The van der Waals surface area contributed by atoms with E-state index < -0.39 is 0 Å². The first kappa shape index (κ1) is 8.78. The Labute approximate surface area is 92.6 Å². The molecule has 1 aromatic carbocycles. The van der Waals surface area contributed by atoms with E-state index in [1.54, 1.807) is 12.1 Å². The molecule has 0 fully saturated rings. The first-order valence-electron chi connectivity index (χ1n) is 3.53. The molecule has 0 saturated heterocycles. The van der Waals surface area contributed by atoms with Crippen molar-refractivity contribution in [1.82, 2.24) is 0 Å².